The fourth-order valence-electron chi connectivity index (χ4n) is 0.881. The molecule has 14 heavy (non-hydrogen) atoms. The molecule has 0 aromatic rings. The van der Waals surface area contributed by atoms with Gasteiger partial charge in [0.15, 0.2) is 0 Å². The van der Waals surface area contributed by atoms with Gasteiger partial charge < -0.3 is 21.6 Å². The van der Waals surface area contributed by atoms with E-state index in [1.54, 1.807) is 0 Å². The summed E-state index contributed by atoms with van der Waals surface area (Å²) in [4.78, 5) is 21.7. The van der Waals surface area contributed by atoms with Crippen molar-refractivity contribution in [2.45, 2.75) is 24.9 Å². The zero-order chi connectivity index (χ0) is 11.0. The van der Waals surface area contributed by atoms with Gasteiger partial charge in [0, 0.05) is 5.75 Å². The van der Waals surface area contributed by atoms with E-state index < -0.39 is 12.1 Å². The highest BCUT2D eigenvalue weighted by molar-refractivity contribution is 7.80. The lowest BCUT2D eigenvalue weighted by Crippen LogP contribution is -2.46. The van der Waals surface area contributed by atoms with Gasteiger partial charge in [-0.05, 0) is 19.4 Å². The smallest absolute Gasteiger partial charge is 0.237 e. The molecule has 0 aromatic carbocycles. The lowest BCUT2D eigenvalue weighted by molar-refractivity contribution is -0.124. The highest BCUT2D eigenvalue weighted by atomic mass is 32.1. The van der Waals surface area contributed by atoms with Crippen molar-refractivity contribution in [1.29, 1.82) is 0 Å². The Labute approximate surface area is 89.0 Å². The molecule has 0 aromatic heterocycles. The number of aldehydes is 1. The second kappa shape index (κ2) is 7.78. The van der Waals surface area contributed by atoms with E-state index in [0.717, 1.165) is 0 Å². The fourth-order valence-corrected chi connectivity index (χ4v) is 1.06. The third-order valence-corrected chi connectivity index (χ3v) is 2.14. The Kier molecular flexibility index (Phi) is 7.45. The number of amides is 1. The number of carbonyl (C=O) groups excluding carboxylic acids is 2. The van der Waals surface area contributed by atoms with Crippen molar-refractivity contribution in [2.75, 3.05) is 12.3 Å². The van der Waals surface area contributed by atoms with Crippen LogP contribution in [0.25, 0.3) is 0 Å². The topological polar surface area (TPSA) is 98.2 Å². The van der Waals surface area contributed by atoms with E-state index >= 15 is 0 Å². The normalized spacial score (nSPS) is 14.5. The molecule has 5 N–H and O–H groups in total. The van der Waals surface area contributed by atoms with Crippen LogP contribution in [0.15, 0.2) is 0 Å². The molecule has 5 nitrogen and oxygen atoms in total. The lowest BCUT2D eigenvalue weighted by atomic mass is 10.1. The maximum absolute atomic E-state index is 11.3. The molecule has 0 radical (unpaired) electrons. The fraction of sp³-hybridized carbons (Fsp3) is 0.750. The van der Waals surface area contributed by atoms with Gasteiger partial charge >= 0.3 is 0 Å². The van der Waals surface area contributed by atoms with Gasteiger partial charge in [-0.2, -0.15) is 12.6 Å². The van der Waals surface area contributed by atoms with Crippen molar-refractivity contribution in [3.63, 3.8) is 0 Å². The third kappa shape index (κ3) is 5.21. The first-order chi connectivity index (χ1) is 6.65. The number of nitrogens with one attached hydrogen (secondary N) is 1. The van der Waals surface area contributed by atoms with Gasteiger partial charge in [-0.3, -0.25) is 4.79 Å². The van der Waals surface area contributed by atoms with Crippen LogP contribution < -0.4 is 16.8 Å². The van der Waals surface area contributed by atoms with Gasteiger partial charge in [-0.1, -0.05) is 0 Å². The first-order valence-electron chi connectivity index (χ1n) is 4.47. The number of hydrogen-bond donors (Lipinski definition) is 4. The monoisotopic (exact) mass is 219 g/mol. The summed E-state index contributed by atoms with van der Waals surface area (Å²) >= 11 is 3.90. The number of carbonyl (C=O) groups is 2. The zero-order valence-electron chi connectivity index (χ0n) is 7.98. The van der Waals surface area contributed by atoms with Crippen molar-refractivity contribution >= 4 is 24.8 Å². The van der Waals surface area contributed by atoms with Crippen LogP contribution in [0.2, 0.25) is 0 Å². The second-order valence-corrected chi connectivity index (χ2v) is 3.34. The SMILES string of the molecule is NCCC[C@@H](N)C(=O)N[C@H](C=O)CS. The standard InChI is InChI=1S/C8H17N3O2S/c9-3-1-2-7(10)8(13)11-6(4-12)5-14/h4,6-7,14H,1-3,5,9-10H2,(H,11,13)/t6-,7-/m1/s1. The largest absolute Gasteiger partial charge is 0.344 e. The van der Waals surface area contributed by atoms with Gasteiger partial charge in [-0.25, -0.2) is 0 Å². The Hall–Kier alpha value is -0.590. The van der Waals surface area contributed by atoms with E-state index in [1.807, 2.05) is 0 Å². The summed E-state index contributed by atoms with van der Waals surface area (Å²) in [5.41, 5.74) is 10.8. The minimum Gasteiger partial charge on any atom is -0.344 e. The molecule has 1 amide bonds. The molecule has 0 rings (SSSR count). The van der Waals surface area contributed by atoms with Crippen LogP contribution in [0.5, 0.6) is 0 Å². The average Bonchev–Trinajstić information content (AvgIpc) is 2.21. The van der Waals surface area contributed by atoms with E-state index in [1.165, 1.54) is 0 Å². The van der Waals surface area contributed by atoms with Gasteiger partial charge in [0.25, 0.3) is 0 Å². The lowest BCUT2D eigenvalue weighted by Gasteiger charge is -2.14. The van der Waals surface area contributed by atoms with Crippen LogP contribution in [0, 0.1) is 0 Å². The van der Waals surface area contributed by atoms with Gasteiger partial charge in [0.1, 0.15) is 6.29 Å². The van der Waals surface area contributed by atoms with E-state index in [0.29, 0.717) is 25.7 Å². The van der Waals surface area contributed by atoms with Crippen molar-refractivity contribution in [2.24, 2.45) is 11.5 Å². The van der Waals surface area contributed by atoms with Crippen LogP contribution in [0.4, 0.5) is 0 Å². The first-order valence-corrected chi connectivity index (χ1v) is 5.11. The van der Waals surface area contributed by atoms with E-state index in [2.05, 4.69) is 17.9 Å². The molecular formula is C8H17N3O2S. The van der Waals surface area contributed by atoms with Crippen molar-refractivity contribution in [3.8, 4) is 0 Å². The summed E-state index contributed by atoms with van der Waals surface area (Å²) < 4.78 is 0. The number of hydrogen-bond acceptors (Lipinski definition) is 5. The molecule has 0 saturated carbocycles. The molecule has 6 heteroatoms. The molecule has 0 saturated heterocycles. The Morgan fingerprint density at radius 1 is 1.57 bits per heavy atom. The Bertz CT molecular complexity index is 189. The second-order valence-electron chi connectivity index (χ2n) is 2.97. The Balaban J connectivity index is 3.86. The molecular weight excluding hydrogens is 202 g/mol. The average molecular weight is 219 g/mol. The third-order valence-electron chi connectivity index (χ3n) is 1.74. The maximum Gasteiger partial charge on any atom is 0.237 e. The molecule has 0 bridgehead atoms. The Morgan fingerprint density at radius 3 is 2.64 bits per heavy atom. The molecule has 0 heterocycles. The van der Waals surface area contributed by atoms with E-state index in [4.69, 9.17) is 11.5 Å². The van der Waals surface area contributed by atoms with Crippen LogP contribution in [-0.2, 0) is 9.59 Å². The molecule has 0 aliphatic rings. The highest BCUT2D eigenvalue weighted by Gasteiger charge is 2.15. The summed E-state index contributed by atoms with van der Waals surface area (Å²) in [5.74, 6) is -0.0524. The first kappa shape index (κ1) is 13.4. The van der Waals surface area contributed by atoms with Crippen molar-refractivity contribution in [1.82, 2.24) is 5.32 Å². The minimum atomic E-state index is -0.596. The summed E-state index contributed by atoms with van der Waals surface area (Å²) in [5, 5.41) is 2.48. The van der Waals surface area contributed by atoms with E-state index in [-0.39, 0.29) is 11.7 Å². The van der Waals surface area contributed by atoms with Crippen molar-refractivity contribution in [3.05, 3.63) is 0 Å². The molecule has 0 unspecified atom stereocenters. The van der Waals surface area contributed by atoms with Crippen LogP contribution >= 0.6 is 12.6 Å². The molecule has 0 aliphatic carbocycles. The number of thiol groups is 1. The molecule has 82 valence electrons. The van der Waals surface area contributed by atoms with Crippen molar-refractivity contribution < 1.29 is 9.59 Å². The maximum atomic E-state index is 11.3. The Morgan fingerprint density at radius 2 is 2.21 bits per heavy atom. The van der Waals surface area contributed by atoms with Gasteiger partial charge in [0.05, 0.1) is 12.1 Å². The molecule has 0 fully saturated rings. The molecule has 0 aliphatic heterocycles. The summed E-state index contributed by atoms with van der Waals surface area (Å²) in [6.07, 6.45) is 1.86. The van der Waals surface area contributed by atoms with Gasteiger partial charge in [-0.15, -0.1) is 0 Å². The number of nitrogens with two attached hydrogens (primary N) is 2. The zero-order valence-corrected chi connectivity index (χ0v) is 8.87. The molecule has 0 spiro atoms. The van der Waals surface area contributed by atoms with Crippen LogP contribution in [0.1, 0.15) is 12.8 Å². The quantitative estimate of drug-likeness (QED) is 0.315. The molecule has 2 atom stereocenters. The van der Waals surface area contributed by atoms with Gasteiger partial charge in [0.2, 0.25) is 5.91 Å². The minimum absolute atomic E-state index is 0.277. The highest BCUT2D eigenvalue weighted by Crippen LogP contribution is 1.94. The predicted octanol–water partition coefficient (Wildman–Crippen LogP) is -1.33. The van der Waals surface area contributed by atoms with Crippen LogP contribution in [-0.4, -0.2) is 36.6 Å². The summed E-state index contributed by atoms with van der Waals surface area (Å²) in [7, 11) is 0. The predicted molar refractivity (Wildman–Crippen MR) is 58.1 cm³/mol. The summed E-state index contributed by atoms with van der Waals surface area (Å²) in [6.45, 7) is 0.505. The van der Waals surface area contributed by atoms with Crippen LogP contribution in [0.3, 0.4) is 0 Å². The van der Waals surface area contributed by atoms with E-state index in [9.17, 15) is 9.59 Å². The number of rotatable bonds is 7. The summed E-state index contributed by atoms with van der Waals surface area (Å²) in [6, 6.07) is -1.16.